The fourth-order valence-corrected chi connectivity index (χ4v) is 2.58. The smallest absolute Gasteiger partial charge is 0.406 e. The Labute approximate surface area is 189 Å². The number of aliphatic imine (C=N–C) groups is 1. The molecule has 3 rings (SSSR count). The van der Waals surface area contributed by atoms with Gasteiger partial charge in [-0.2, -0.15) is 5.10 Å². The van der Waals surface area contributed by atoms with E-state index in [1.807, 2.05) is 41.2 Å². The van der Waals surface area contributed by atoms with Crippen molar-refractivity contribution in [2.75, 3.05) is 0 Å². The first-order chi connectivity index (χ1) is 13.9. The van der Waals surface area contributed by atoms with Crippen LogP contribution in [0.1, 0.15) is 16.7 Å². The van der Waals surface area contributed by atoms with Crippen LogP contribution in [-0.4, -0.2) is 22.1 Å². The third-order valence-electron chi connectivity index (χ3n) is 3.94. The van der Waals surface area contributed by atoms with Gasteiger partial charge in [-0.3, -0.25) is 4.68 Å². The second-order valence-corrected chi connectivity index (χ2v) is 6.28. The van der Waals surface area contributed by atoms with E-state index in [-0.39, 0.29) is 35.7 Å². The quantitative estimate of drug-likeness (QED) is 0.274. The van der Waals surface area contributed by atoms with Gasteiger partial charge in [0.25, 0.3) is 0 Å². The van der Waals surface area contributed by atoms with Crippen LogP contribution in [0, 0.1) is 0 Å². The summed E-state index contributed by atoms with van der Waals surface area (Å²) in [6, 6.07) is 15.5. The molecular weight excluding hydrogens is 510 g/mol. The predicted molar refractivity (Wildman–Crippen MR) is 118 cm³/mol. The van der Waals surface area contributed by atoms with Gasteiger partial charge < -0.3 is 15.8 Å². The molecule has 3 aromatic rings. The van der Waals surface area contributed by atoms with Gasteiger partial charge in [0, 0.05) is 18.3 Å². The van der Waals surface area contributed by atoms with E-state index in [0.29, 0.717) is 19.6 Å². The minimum Gasteiger partial charge on any atom is -0.406 e. The van der Waals surface area contributed by atoms with Crippen LogP contribution in [0.15, 0.2) is 72.0 Å². The number of alkyl halides is 3. The fourth-order valence-electron chi connectivity index (χ4n) is 2.58. The van der Waals surface area contributed by atoms with Gasteiger partial charge in [-0.05, 0) is 23.3 Å². The Morgan fingerprint density at radius 3 is 2.40 bits per heavy atom. The molecule has 0 fully saturated rings. The number of benzene rings is 2. The second kappa shape index (κ2) is 10.9. The van der Waals surface area contributed by atoms with Crippen LogP contribution in [-0.2, 0) is 19.6 Å². The molecule has 0 unspecified atom stereocenters. The highest BCUT2D eigenvalue weighted by molar-refractivity contribution is 14.0. The normalized spacial score (nSPS) is 11.6. The van der Waals surface area contributed by atoms with Gasteiger partial charge in [-0.15, -0.1) is 37.1 Å². The van der Waals surface area contributed by atoms with Crippen molar-refractivity contribution in [1.29, 1.82) is 0 Å². The van der Waals surface area contributed by atoms with E-state index in [4.69, 9.17) is 5.73 Å². The van der Waals surface area contributed by atoms with Gasteiger partial charge in [0.05, 0.1) is 19.3 Å². The molecule has 0 aliphatic heterocycles. The lowest BCUT2D eigenvalue weighted by Crippen LogP contribution is -2.31. The first kappa shape index (κ1) is 23.5. The molecule has 0 saturated carbocycles. The Morgan fingerprint density at radius 2 is 1.73 bits per heavy atom. The van der Waals surface area contributed by atoms with E-state index in [2.05, 4.69) is 20.1 Å². The summed E-state index contributed by atoms with van der Waals surface area (Å²) in [5.41, 5.74) is 8.66. The van der Waals surface area contributed by atoms with Crippen molar-refractivity contribution in [2.24, 2.45) is 10.7 Å². The van der Waals surface area contributed by atoms with Crippen molar-refractivity contribution in [3.05, 3.63) is 83.7 Å². The topological polar surface area (TPSA) is 77.5 Å². The summed E-state index contributed by atoms with van der Waals surface area (Å²) >= 11 is 0. The summed E-state index contributed by atoms with van der Waals surface area (Å²) in [4.78, 5) is 4.25. The molecule has 10 heteroatoms. The van der Waals surface area contributed by atoms with Crippen LogP contribution in [0.25, 0.3) is 0 Å². The van der Waals surface area contributed by atoms with Gasteiger partial charge in [-0.25, -0.2) is 4.99 Å². The standard InChI is InChI=1S/C20H20F3N5O.HI/c21-20(22,23)29-18-8-6-15(7-9-18)10-25-19(24)26-11-17-12-27-28(14-17)13-16-4-2-1-3-5-16;/h1-9,12,14H,10-11,13H2,(H3,24,25,26);1H. The average Bonchev–Trinajstić information content (AvgIpc) is 3.13. The molecule has 0 aliphatic rings. The molecule has 0 saturated heterocycles. The van der Waals surface area contributed by atoms with Gasteiger partial charge in [-0.1, -0.05) is 42.5 Å². The van der Waals surface area contributed by atoms with Crippen LogP contribution in [0.5, 0.6) is 5.75 Å². The minimum absolute atomic E-state index is 0. The highest BCUT2D eigenvalue weighted by Gasteiger charge is 2.30. The fraction of sp³-hybridized carbons (Fsp3) is 0.200. The van der Waals surface area contributed by atoms with Crippen molar-refractivity contribution in [3.8, 4) is 5.75 Å². The SMILES string of the molecule is I.NC(=NCc1cnn(Cc2ccccc2)c1)NCc1ccc(OC(F)(F)F)cc1. The van der Waals surface area contributed by atoms with Gasteiger partial charge in [0.15, 0.2) is 5.96 Å². The van der Waals surface area contributed by atoms with Crippen LogP contribution >= 0.6 is 24.0 Å². The third kappa shape index (κ3) is 7.93. The molecule has 2 aromatic carbocycles. The Kier molecular flexibility index (Phi) is 8.51. The Hall–Kier alpha value is -2.76. The lowest BCUT2D eigenvalue weighted by atomic mass is 10.2. The van der Waals surface area contributed by atoms with E-state index in [1.54, 1.807) is 6.20 Å². The highest BCUT2D eigenvalue weighted by Crippen LogP contribution is 2.22. The number of nitrogens with one attached hydrogen (secondary N) is 1. The molecule has 30 heavy (non-hydrogen) atoms. The number of hydrogen-bond acceptors (Lipinski definition) is 3. The largest absolute Gasteiger partial charge is 0.573 e. The summed E-state index contributed by atoms with van der Waals surface area (Å²) in [6.45, 7) is 1.37. The molecule has 0 amide bonds. The average molecular weight is 531 g/mol. The second-order valence-electron chi connectivity index (χ2n) is 6.28. The Morgan fingerprint density at radius 1 is 1.03 bits per heavy atom. The first-order valence-electron chi connectivity index (χ1n) is 8.81. The maximum absolute atomic E-state index is 12.2. The molecule has 0 radical (unpaired) electrons. The van der Waals surface area contributed by atoms with Crippen molar-refractivity contribution < 1.29 is 17.9 Å². The first-order valence-corrected chi connectivity index (χ1v) is 8.81. The number of nitrogens with zero attached hydrogens (tertiary/aromatic N) is 3. The number of ether oxygens (including phenoxy) is 1. The zero-order valence-corrected chi connectivity index (χ0v) is 18.2. The molecule has 1 aromatic heterocycles. The minimum atomic E-state index is -4.70. The van der Waals surface area contributed by atoms with Crippen molar-refractivity contribution in [2.45, 2.75) is 26.0 Å². The van der Waals surface area contributed by atoms with Crippen LogP contribution in [0.4, 0.5) is 13.2 Å². The molecule has 0 aliphatic carbocycles. The van der Waals surface area contributed by atoms with E-state index >= 15 is 0 Å². The maximum atomic E-state index is 12.2. The van der Waals surface area contributed by atoms with Crippen molar-refractivity contribution >= 4 is 29.9 Å². The molecule has 3 N–H and O–H groups in total. The van der Waals surface area contributed by atoms with Crippen molar-refractivity contribution in [3.63, 3.8) is 0 Å². The zero-order valence-electron chi connectivity index (χ0n) is 15.8. The van der Waals surface area contributed by atoms with Gasteiger partial charge in [0.1, 0.15) is 5.75 Å². The molecule has 0 atom stereocenters. The summed E-state index contributed by atoms with van der Waals surface area (Å²) in [5.74, 6) is -0.0353. The van der Waals surface area contributed by atoms with E-state index in [9.17, 15) is 13.2 Å². The number of halogens is 4. The highest BCUT2D eigenvalue weighted by atomic mass is 127. The number of nitrogens with two attached hydrogens (primary N) is 1. The van der Waals surface area contributed by atoms with Crippen LogP contribution in [0.3, 0.4) is 0 Å². The number of rotatable bonds is 7. The third-order valence-corrected chi connectivity index (χ3v) is 3.94. The van der Waals surface area contributed by atoms with Gasteiger partial charge >= 0.3 is 6.36 Å². The van der Waals surface area contributed by atoms with Crippen molar-refractivity contribution in [1.82, 2.24) is 15.1 Å². The lowest BCUT2D eigenvalue weighted by molar-refractivity contribution is -0.274. The zero-order chi connectivity index (χ0) is 20.7. The summed E-state index contributed by atoms with van der Waals surface area (Å²) in [5, 5.41) is 7.23. The van der Waals surface area contributed by atoms with E-state index in [1.165, 1.54) is 24.3 Å². The number of hydrogen-bond donors (Lipinski definition) is 2. The Bertz CT molecular complexity index is 943. The number of aromatic nitrogens is 2. The molecule has 0 spiro atoms. The van der Waals surface area contributed by atoms with Crippen LogP contribution < -0.4 is 15.8 Å². The predicted octanol–water partition coefficient (Wildman–Crippen LogP) is 4.05. The molecule has 1 heterocycles. The maximum Gasteiger partial charge on any atom is 0.573 e. The summed E-state index contributed by atoms with van der Waals surface area (Å²) in [6.07, 6.45) is -1.06. The van der Waals surface area contributed by atoms with Gasteiger partial charge in [0.2, 0.25) is 0 Å². The Balaban J connectivity index is 0.00000320. The summed E-state index contributed by atoms with van der Waals surface area (Å²) in [7, 11) is 0. The lowest BCUT2D eigenvalue weighted by Gasteiger charge is -2.10. The van der Waals surface area contributed by atoms with E-state index < -0.39 is 6.36 Å². The molecular formula is C20H21F3IN5O. The van der Waals surface area contributed by atoms with E-state index in [0.717, 1.165) is 16.7 Å². The number of guanidine groups is 1. The molecule has 0 bridgehead atoms. The summed E-state index contributed by atoms with van der Waals surface area (Å²) < 4.78 is 42.1. The monoisotopic (exact) mass is 531 g/mol. The van der Waals surface area contributed by atoms with Crippen LogP contribution in [0.2, 0.25) is 0 Å². The molecule has 160 valence electrons. The molecule has 6 nitrogen and oxygen atoms in total.